The first-order chi connectivity index (χ1) is 11.6. The maximum absolute atomic E-state index is 12.0. The number of carbonyl (C=O) groups excluding carboxylic acids is 1. The molecule has 0 fully saturated rings. The van der Waals surface area contributed by atoms with E-state index in [0.717, 1.165) is 5.75 Å². The van der Waals surface area contributed by atoms with Gasteiger partial charge in [0, 0.05) is 19.2 Å². The molecule has 0 saturated carbocycles. The van der Waals surface area contributed by atoms with E-state index < -0.39 is 5.76 Å². The number of para-hydroxylation sites is 1. The molecule has 0 unspecified atom stereocenters. The van der Waals surface area contributed by atoms with Gasteiger partial charge < -0.3 is 14.5 Å². The predicted molar refractivity (Wildman–Crippen MR) is 91.3 cm³/mol. The zero-order chi connectivity index (χ0) is 16.9. The number of carbonyl (C=O) groups is 1. The molecule has 0 aliphatic rings. The van der Waals surface area contributed by atoms with Crippen LogP contribution in [0.5, 0.6) is 5.75 Å². The van der Waals surface area contributed by atoms with Crippen molar-refractivity contribution >= 4 is 22.7 Å². The lowest BCUT2D eigenvalue weighted by molar-refractivity contribution is -0.116. The van der Waals surface area contributed by atoms with Gasteiger partial charge in [0.25, 0.3) is 0 Å². The molecule has 1 N–H and O–H groups in total. The standard InChI is InChI=1S/C18H18N2O4/c1-20-15-12-13(9-10-16(15)24-18(20)22)19-17(21)8-5-11-23-14-6-3-2-4-7-14/h2-4,6-7,9-10,12H,5,8,11H2,1H3,(H,19,21). The van der Waals surface area contributed by atoms with Crippen LogP contribution in [0, 0.1) is 0 Å². The number of benzene rings is 2. The first-order valence-electron chi connectivity index (χ1n) is 7.71. The molecule has 1 amide bonds. The molecule has 6 heteroatoms. The van der Waals surface area contributed by atoms with E-state index in [1.54, 1.807) is 25.2 Å². The average Bonchev–Trinajstić information content (AvgIpc) is 2.87. The topological polar surface area (TPSA) is 73.5 Å². The van der Waals surface area contributed by atoms with E-state index in [4.69, 9.17) is 9.15 Å². The van der Waals surface area contributed by atoms with Crippen LogP contribution in [-0.4, -0.2) is 17.1 Å². The number of oxazole rings is 1. The molecule has 124 valence electrons. The molecule has 1 heterocycles. The van der Waals surface area contributed by atoms with Gasteiger partial charge >= 0.3 is 5.76 Å². The molecule has 1 aromatic heterocycles. The van der Waals surface area contributed by atoms with Crippen molar-refractivity contribution in [1.29, 1.82) is 0 Å². The minimum atomic E-state index is -0.425. The first kappa shape index (κ1) is 15.9. The van der Waals surface area contributed by atoms with E-state index >= 15 is 0 Å². The minimum absolute atomic E-state index is 0.0977. The molecular formula is C18H18N2O4. The Kier molecular flexibility index (Phi) is 4.65. The molecule has 0 radical (unpaired) electrons. The number of fused-ring (bicyclic) bond motifs is 1. The second-order valence-electron chi connectivity index (χ2n) is 5.42. The largest absolute Gasteiger partial charge is 0.494 e. The van der Waals surface area contributed by atoms with Crippen molar-refractivity contribution < 1.29 is 13.9 Å². The summed E-state index contributed by atoms with van der Waals surface area (Å²) in [6.07, 6.45) is 0.975. The van der Waals surface area contributed by atoms with Crippen molar-refractivity contribution in [2.75, 3.05) is 11.9 Å². The lowest BCUT2D eigenvalue weighted by Gasteiger charge is -2.07. The molecule has 0 aliphatic carbocycles. The molecule has 0 atom stereocenters. The zero-order valence-electron chi connectivity index (χ0n) is 13.3. The van der Waals surface area contributed by atoms with Crippen LogP contribution in [0.25, 0.3) is 11.1 Å². The molecule has 3 aromatic rings. The molecule has 6 nitrogen and oxygen atoms in total. The zero-order valence-corrected chi connectivity index (χ0v) is 13.3. The number of rotatable bonds is 6. The van der Waals surface area contributed by atoms with Crippen molar-refractivity contribution in [3.63, 3.8) is 0 Å². The van der Waals surface area contributed by atoms with Gasteiger partial charge in [-0.25, -0.2) is 4.79 Å². The summed E-state index contributed by atoms with van der Waals surface area (Å²) in [7, 11) is 1.63. The summed E-state index contributed by atoms with van der Waals surface area (Å²) in [4.78, 5) is 23.4. The predicted octanol–water partition coefficient (Wildman–Crippen LogP) is 2.93. The van der Waals surface area contributed by atoms with Crippen molar-refractivity contribution in [3.8, 4) is 5.75 Å². The Hall–Kier alpha value is -3.02. The van der Waals surface area contributed by atoms with Crippen LogP contribution in [0.1, 0.15) is 12.8 Å². The number of amides is 1. The number of aromatic nitrogens is 1. The van der Waals surface area contributed by atoms with Crippen LogP contribution >= 0.6 is 0 Å². The Labute approximate surface area is 138 Å². The van der Waals surface area contributed by atoms with Crippen LogP contribution in [0.4, 0.5) is 5.69 Å². The van der Waals surface area contributed by atoms with E-state index in [1.165, 1.54) is 4.57 Å². The minimum Gasteiger partial charge on any atom is -0.494 e. The Bertz CT molecular complexity index is 896. The van der Waals surface area contributed by atoms with Crippen LogP contribution in [-0.2, 0) is 11.8 Å². The lowest BCUT2D eigenvalue weighted by Crippen LogP contribution is -2.13. The van der Waals surface area contributed by atoms with E-state index in [9.17, 15) is 9.59 Å². The highest BCUT2D eigenvalue weighted by Crippen LogP contribution is 2.18. The highest BCUT2D eigenvalue weighted by Gasteiger charge is 2.08. The summed E-state index contributed by atoms with van der Waals surface area (Å²) < 4.78 is 12.0. The fourth-order valence-electron chi connectivity index (χ4n) is 2.37. The SMILES string of the molecule is Cn1c(=O)oc2ccc(NC(=O)CCCOc3ccccc3)cc21. The van der Waals surface area contributed by atoms with Crippen LogP contribution in [0.2, 0.25) is 0 Å². The second kappa shape index (κ2) is 7.04. The summed E-state index contributed by atoms with van der Waals surface area (Å²) in [5.74, 6) is 0.273. The molecule has 0 saturated heterocycles. The number of anilines is 1. The van der Waals surface area contributed by atoms with Crippen molar-refractivity contribution in [2.24, 2.45) is 7.05 Å². The Balaban J connectivity index is 1.51. The number of hydrogen-bond acceptors (Lipinski definition) is 4. The third-order valence-electron chi connectivity index (χ3n) is 3.64. The van der Waals surface area contributed by atoms with Gasteiger partial charge in [0.1, 0.15) is 5.75 Å². The summed E-state index contributed by atoms with van der Waals surface area (Å²) in [6.45, 7) is 0.479. The van der Waals surface area contributed by atoms with E-state index in [2.05, 4.69) is 5.32 Å². The number of aryl methyl sites for hydroxylation is 1. The second-order valence-corrected chi connectivity index (χ2v) is 5.42. The Morgan fingerprint density at radius 3 is 2.79 bits per heavy atom. The van der Waals surface area contributed by atoms with Gasteiger partial charge in [-0.05, 0) is 36.8 Å². The van der Waals surface area contributed by atoms with Gasteiger partial charge in [0.2, 0.25) is 5.91 Å². The Morgan fingerprint density at radius 2 is 2.00 bits per heavy atom. The van der Waals surface area contributed by atoms with Gasteiger partial charge in [-0.1, -0.05) is 18.2 Å². The van der Waals surface area contributed by atoms with Crippen molar-refractivity contribution in [2.45, 2.75) is 12.8 Å². The molecular weight excluding hydrogens is 308 g/mol. The van der Waals surface area contributed by atoms with Crippen LogP contribution in [0.3, 0.4) is 0 Å². The van der Waals surface area contributed by atoms with Crippen molar-refractivity contribution in [3.05, 3.63) is 59.1 Å². The summed E-state index contributed by atoms with van der Waals surface area (Å²) in [5, 5.41) is 2.82. The third-order valence-corrected chi connectivity index (χ3v) is 3.64. The first-order valence-corrected chi connectivity index (χ1v) is 7.71. The summed E-state index contributed by atoms with van der Waals surface area (Å²) in [6, 6.07) is 14.6. The van der Waals surface area contributed by atoms with Gasteiger partial charge in [-0.3, -0.25) is 9.36 Å². The van der Waals surface area contributed by atoms with Gasteiger partial charge in [-0.2, -0.15) is 0 Å². The van der Waals surface area contributed by atoms with E-state index in [0.29, 0.717) is 36.2 Å². The summed E-state index contributed by atoms with van der Waals surface area (Å²) in [5.41, 5.74) is 1.77. The van der Waals surface area contributed by atoms with Crippen molar-refractivity contribution in [1.82, 2.24) is 4.57 Å². The van der Waals surface area contributed by atoms with E-state index in [-0.39, 0.29) is 5.91 Å². The number of hydrogen-bond donors (Lipinski definition) is 1. The Morgan fingerprint density at radius 1 is 1.21 bits per heavy atom. The summed E-state index contributed by atoms with van der Waals surface area (Å²) >= 11 is 0. The third kappa shape index (κ3) is 3.65. The average molecular weight is 326 g/mol. The van der Waals surface area contributed by atoms with E-state index in [1.807, 2.05) is 30.3 Å². The molecule has 0 bridgehead atoms. The van der Waals surface area contributed by atoms with Gasteiger partial charge in [-0.15, -0.1) is 0 Å². The van der Waals surface area contributed by atoms with Crippen LogP contribution in [0.15, 0.2) is 57.7 Å². The molecule has 0 spiro atoms. The van der Waals surface area contributed by atoms with Gasteiger partial charge in [0.05, 0.1) is 12.1 Å². The quantitative estimate of drug-likeness (QED) is 0.707. The highest BCUT2D eigenvalue weighted by molar-refractivity contribution is 5.92. The fraction of sp³-hybridized carbons (Fsp3) is 0.222. The lowest BCUT2D eigenvalue weighted by atomic mass is 10.2. The molecule has 3 rings (SSSR count). The molecule has 24 heavy (non-hydrogen) atoms. The normalized spacial score (nSPS) is 10.7. The number of nitrogens with zero attached hydrogens (tertiary/aromatic N) is 1. The number of ether oxygens (including phenoxy) is 1. The maximum Gasteiger partial charge on any atom is 0.419 e. The number of nitrogens with one attached hydrogen (secondary N) is 1. The molecule has 0 aliphatic heterocycles. The fourth-order valence-corrected chi connectivity index (χ4v) is 2.37. The maximum atomic E-state index is 12.0. The molecule has 2 aromatic carbocycles. The van der Waals surface area contributed by atoms with Crippen LogP contribution < -0.4 is 15.8 Å². The smallest absolute Gasteiger partial charge is 0.419 e. The van der Waals surface area contributed by atoms with Gasteiger partial charge in [0.15, 0.2) is 5.58 Å². The monoisotopic (exact) mass is 326 g/mol. The highest BCUT2D eigenvalue weighted by atomic mass is 16.5.